The Morgan fingerprint density at radius 3 is 2.00 bits per heavy atom. The summed E-state index contributed by atoms with van der Waals surface area (Å²) in [6.45, 7) is 1.71. The lowest BCUT2D eigenvalue weighted by Gasteiger charge is -2.16. The lowest BCUT2D eigenvalue weighted by Crippen LogP contribution is -2.27. The van der Waals surface area contributed by atoms with Crippen LogP contribution in [-0.2, 0) is 19.9 Å². The van der Waals surface area contributed by atoms with E-state index in [1.54, 1.807) is 6.92 Å². The molecule has 3 aromatic carbocycles. The molecule has 0 heterocycles. The fraction of sp³-hybridized carbons (Fsp3) is 0.143. The number of sulfonamides is 1. The fourth-order valence-electron chi connectivity index (χ4n) is 2.88. The molecule has 0 aliphatic heterocycles. The van der Waals surface area contributed by atoms with Crippen LogP contribution in [0, 0.1) is 0 Å². The largest absolute Gasteiger partial charge is 0.242 e. The summed E-state index contributed by atoms with van der Waals surface area (Å²) in [6.07, 6.45) is 1.01. The Labute approximate surface area is 176 Å². The summed E-state index contributed by atoms with van der Waals surface area (Å²) < 4.78 is 51.7. The molecule has 0 aliphatic carbocycles. The summed E-state index contributed by atoms with van der Waals surface area (Å²) in [7, 11) is -7.59. The van der Waals surface area contributed by atoms with Gasteiger partial charge in [-0.1, -0.05) is 66.2 Å². The Kier molecular flexibility index (Phi) is 6.14. The van der Waals surface area contributed by atoms with Crippen LogP contribution in [0.4, 0.5) is 0 Å². The van der Waals surface area contributed by atoms with E-state index in [4.69, 9.17) is 11.6 Å². The number of halogens is 1. The van der Waals surface area contributed by atoms with E-state index in [2.05, 4.69) is 4.72 Å². The second-order valence-electron chi connectivity index (χ2n) is 6.70. The van der Waals surface area contributed by atoms with Crippen molar-refractivity contribution in [3.05, 3.63) is 83.4 Å². The molecule has 1 atom stereocenters. The molecule has 0 aromatic heterocycles. The van der Waals surface area contributed by atoms with Crippen LogP contribution in [0.5, 0.6) is 0 Å². The van der Waals surface area contributed by atoms with Crippen LogP contribution < -0.4 is 4.72 Å². The standard InChI is InChI=1S/C21H20ClNO4S2/c1-15(16-8-10-18(11-9-16)17-6-4-3-5-7-17)23-29(26,27)21-14-19(28(2,24)25)12-13-20(21)22/h3-15,23H,1-2H3. The summed E-state index contributed by atoms with van der Waals surface area (Å²) in [4.78, 5) is -0.378. The van der Waals surface area contributed by atoms with Crippen molar-refractivity contribution < 1.29 is 16.8 Å². The van der Waals surface area contributed by atoms with Crippen molar-refractivity contribution in [3.63, 3.8) is 0 Å². The number of benzene rings is 3. The van der Waals surface area contributed by atoms with Gasteiger partial charge in [-0.15, -0.1) is 0 Å². The molecule has 0 fully saturated rings. The number of nitrogens with one attached hydrogen (secondary N) is 1. The normalized spacial score (nSPS) is 13.2. The Morgan fingerprint density at radius 2 is 1.41 bits per heavy atom. The predicted octanol–water partition coefficient (Wildman–Crippen LogP) is 4.45. The monoisotopic (exact) mass is 449 g/mol. The molecular formula is C21H20ClNO4S2. The number of rotatable bonds is 6. The maximum atomic E-state index is 12.8. The first-order valence-corrected chi connectivity index (χ1v) is 12.5. The lowest BCUT2D eigenvalue weighted by molar-refractivity contribution is 0.566. The molecule has 1 N–H and O–H groups in total. The SMILES string of the molecule is CC(NS(=O)(=O)c1cc(S(C)(=O)=O)ccc1Cl)c1ccc(-c2ccccc2)cc1. The highest BCUT2D eigenvalue weighted by molar-refractivity contribution is 7.91. The van der Waals surface area contributed by atoms with Crippen LogP contribution in [0.15, 0.2) is 82.6 Å². The fourth-order valence-corrected chi connectivity index (χ4v) is 5.36. The minimum atomic E-state index is -4.03. The third-order valence-corrected chi connectivity index (χ3v) is 7.60. The Morgan fingerprint density at radius 1 is 0.828 bits per heavy atom. The zero-order valence-corrected chi connectivity index (χ0v) is 18.2. The van der Waals surface area contributed by atoms with Gasteiger partial charge < -0.3 is 0 Å². The molecule has 0 aliphatic rings. The van der Waals surface area contributed by atoms with Crippen molar-refractivity contribution in [2.75, 3.05) is 6.26 Å². The van der Waals surface area contributed by atoms with Gasteiger partial charge in [0.05, 0.1) is 9.92 Å². The first-order valence-electron chi connectivity index (χ1n) is 8.75. The molecule has 0 amide bonds. The molecule has 5 nitrogen and oxygen atoms in total. The van der Waals surface area contributed by atoms with Crippen LogP contribution in [0.1, 0.15) is 18.5 Å². The van der Waals surface area contributed by atoms with Crippen molar-refractivity contribution in [2.45, 2.75) is 22.8 Å². The summed E-state index contributed by atoms with van der Waals surface area (Å²) in [6, 6.07) is 20.5. The Bertz CT molecular complexity index is 1220. The van der Waals surface area contributed by atoms with E-state index in [-0.39, 0.29) is 14.8 Å². The van der Waals surface area contributed by atoms with Crippen LogP contribution in [-0.4, -0.2) is 23.1 Å². The first-order chi connectivity index (χ1) is 13.6. The molecule has 152 valence electrons. The maximum Gasteiger partial charge on any atom is 0.242 e. The van der Waals surface area contributed by atoms with Gasteiger partial charge >= 0.3 is 0 Å². The summed E-state index contributed by atoms with van der Waals surface area (Å²) in [5, 5.41) is -0.0449. The molecular weight excluding hydrogens is 430 g/mol. The molecule has 3 aromatic rings. The molecule has 0 radical (unpaired) electrons. The van der Waals surface area contributed by atoms with Gasteiger partial charge in [0.1, 0.15) is 4.90 Å². The molecule has 0 saturated heterocycles. The van der Waals surface area contributed by atoms with Gasteiger partial charge in [0.25, 0.3) is 0 Å². The molecule has 0 saturated carbocycles. The van der Waals surface area contributed by atoms with Crippen LogP contribution in [0.3, 0.4) is 0 Å². The van der Waals surface area contributed by atoms with E-state index in [9.17, 15) is 16.8 Å². The van der Waals surface area contributed by atoms with Gasteiger partial charge in [0, 0.05) is 12.3 Å². The summed E-state index contributed by atoms with van der Waals surface area (Å²) >= 11 is 6.03. The van der Waals surface area contributed by atoms with E-state index in [1.165, 1.54) is 12.1 Å². The second kappa shape index (κ2) is 8.28. The van der Waals surface area contributed by atoms with Crippen molar-refractivity contribution in [2.24, 2.45) is 0 Å². The highest BCUT2D eigenvalue weighted by Gasteiger charge is 2.23. The molecule has 0 spiro atoms. The quantitative estimate of drug-likeness (QED) is 0.602. The van der Waals surface area contributed by atoms with E-state index >= 15 is 0 Å². The summed E-state index contributed by atoms with van der Waals surface area (Å²) in [5.41, 5.74) is 2.86. The Hall–Kier alpha value is -2.19. The molecule has 0 bridgehead atoms. The number of hydrogen-bond acceptors (Lipinski definition) is 4. The van der Waals surface area contributed by atoms with Gasteiger partial charge in [-0.3, -0.25) is 0 Å². The number of sulfone groups is 1. The minimum Gasteiger partial charge on any atom is -0.224 e. The average Bonchev–Trinajstić information content (AvgIpc) is 2.67. The van der Waals surface area contributed by atoms with Crippen molar-refractivity contribution in [1.82, 2.24) is 4.72 Å². The lowest BCUT2D eigenvalue weighted by atomic mass is 10.0. The maximum absolute atomic E-state index is 12.8. The first kappa shape index (κ1) is 21.5. The van der Waals surface area contributed by atoms with Crippen LogP contribution >= 0.6 is 11.6 Å². The van der Waals surface area contributed by atoms with Crippen LogP contribution in [0.2, 0.25) is 5.02 Å². The highest BCUT2D eigenvalue weighted by Crippen LogP contribution is 2.27. The van der Waals surface area contributed by atoms with Crippen LogP contribution in [0.25, 0.3) is 11.1 Å². The molecule has 1 unspecified atom stereocenters. The minimum absolute atomic E-state index is 0.0449. The third kappa shape index (κ3) is 5.05. The van der Waals surface area contributed by atoms with Crippen molar-refractivity contribution in [3.8, 4) is 11.1 Å². The van der Waals surface area contributed by atoms with Crippen molar-refractivity contribution >= 4 is 31.5 Å². The topological polar surface area (TPSA) is 80.3 Å². The average molecular weight is 450 g/mol. The smallest absolute Gasteiger partial charge is 0.224 e. The molecule has 29 heavy (non-hydrogen) atoms. The second-order valence-corrected chi connectivity index (χ2v) is 10.8. The van der Waals surface area contributed by atoms with E-state index < -0.39 is 25.9 Å². The highest BCUT2D eigenvalue weighted by atomic mass is 35.5. The number of hydrogen-bond donors (Lipinski definition) is 1. The zero-order chi connectivity index (χ0) is 21.2. The van der Waals surface area contributed by atoms with Gasteiger partial charge in [0.15, 0.2) is 9.84 Å². The third-order valence-electron chi connectivity index (χ3n) is 4.47. The van der Waals surface area contributed by atoms with Gasteiger partial charge in [-0.25, -0.2) is 21.6 Å². The van der Waals surface area contributed by atoms with Crippen molar-refractivity contribution in [1.29, 1.82) is 0 Å². The van der Waals surface area contributed by atoms with Gasteiger partial charge in [0.2, 0.25) is 10.0 Å². The Balaban J connectivity index is 1.86. The van der Waals surface area contributed by atoms with E-state index in [1.807, 2.05) is 54.6 Å². The van der Waals surface area contributed by atoms with Gasteiger partial charge in [-0.05, 0) is 41.8 Å². The van der Waals surface area contributed by atoms with Gasteiger partial charge in [-0.2, -0.15) is 0 Å². The molecule has 3 rings (SSSR count). The van der Waals surface area contributed by atoms with E-state index in [0.717, 1.165) is 29.0 Å². The summed E-state index contributed by atoms with van der Waals surface area (Å²) in [5.74, 6) is 0. The molecule has 8 heteroatoms. The zero-order valence-electron chi connectivity index (χ0n) is 15.8. The predicted molar refractivity (Wildman–Crippen MR) is 115 cm³/mol. The van der Waals surface area contributed by atoms with E-state index in [0.29, 0.717) is 0 Å².